The Bertz CT molecular complexity index is 624. The van der Waals surface area contributed by atoms with Gasteiger partial charge in [-0.25, -0.2) is 4.21 Å². The van der Waals surface area contributed by atoms with Gasteiger partial charge in [-0.1, -0.05) is 46.3 Å². The monoisotopic (exact) mass is 342 g/mol. The van der Waals surface area contributed by atoms with Crippen LogP contribution in [0.25, 0.3) is 0 Å². The highest BCUT2D eigenvalue weighted by Gasteiger charge is 2.10. The smallest absolute Gasteiger partial charge is 0.173 e. The summed E-state index contributed by atoms with van der Waals surface area (Å²) in [6.07, 6.45) is 0. The Morgan fingerprint density at radius 1 is 1.11 bits per heavy atom. The molecule has 2 aromatic rings. The molecular weight excluding hydrogens is 332 g/mol. The van der Waals surface area contributed by atoms with Crippen LogP contribution in [0, 0.1) is 0 Å². The van der Waals surface area contributed by atoms with E-state index in [1.54, 1.807) is 24.3 Å². The van der Waals surface area contributed by atoms with Crippen LogP contribution in [0.4, 0.5) is 0 Å². The van der Waals surface area contributed by atoms with E-state index in [0.717, 1.165) is 10.0 Å². The lowest BCUT2D eigenvalue weighted by Gasteiger charge is -2.08. The summed E-state index contributed by atoms with van der Waals surface area (Å²) in [7, 11) is -2.85. The molecule has 0 bridgehead atoms. The summed E-state index contributed by atoms with van der Waals surface area (Å²) in [5.41, 5.74) is 0.929. The molecule has 1 unspecified atom stereocenters. The number of hydrogen-bond donors (Lipinski definition) is 0. The summed E-state index contributed by atoms with van der Waals surface area (Å²) < 4.78 is 18.6. The van der Waals surface area contributed by atoms with E-state index in [4.69, 9.17) is 15.4 Å². The van der Waals surface area contributed by atoms with E-state index in [2.05, 4.69) is 15.9 Å². The predicted molar refractivity (Wildman–Crippen MR) is 79.1 cm³/mol. The summed E-state index contributed by atoms with van der Waals surface area (Å²) in [6.45, 7) is 0.233. The molecule has 0 heterocycles. The van der Waals surface area contributed by atoms with Crippen LogP contribution in [0.5, 0.6) is 0 Å². The zero-order valence-corrected chi connectivity index (χ0v) is 12.6. The second-order valence-electron chi connectivity index (χ2n) is 3.66. The highest BCUT2D eigenvalue weighted by Crippen LogP contribution is 2.17. The third kappa shape index (κ3) is 3.62. The quantitative estimate of drug-likeness (QED) is 0.847. The minimum absolute atomic E-state index is 0.233. The number of rotatable bonds is 4. The van der Waals surface area contributed by atoms with Crippen LogP contribution >= 0.6 is 15.9 Å². The van der Waals surface area contributed by atoms with Gasteiger partial charge >= 0.3 is 0 Å². The Balaban J connectivity index is 2.11. The molecule has 1 atom stereocenters. The Morgan fingerprint density at radius 2 is 1.83 bits per heavy atom. The molecule has 0 aliphatic heterocycles. The molecule has 18 heavy (non-hydrogen) atoms. The maximum absolute atomic E-state index is 12.2. The Kier molecular flexibility index (Phi) is 4.50. The zero-order valence-electron chi connectivity index (χ0n) is 9.41. The topological polar surface area (TPSA) is 26.3 Å². The first-order chi connectivity index (χ1) is 8.58. The fourth-order valence-electron chi connectivity index (χ4n) is 1.43. The van der Waals surface area contributed by atoms with E-state index in [0.29, 0.717) is 4.90 Å². The van der Waals surface area contributed by atoms with Gasteiger partial charge in [-0.3, -0.25) is 4.18 Å². The Labute approximate surface area is 120 Å². The lowest BCUT2D eigenvalue weighted by atomic mass is 10.2. The summed E-state index contributed by atoms with van der Waals surface area (Å²) in [5.74, 6) is 0. The van der Waals surface area contributed by atoms with Gasteiger partial charge in [0.1, 0.15) is 0 Å². The van der Waals surface area contributed by atoms with E-state index in [9.17, 15) is 4.21 Å². The molecule has 0 aliphatic carbocycles. The Hall–Kier alpha value is -0.750. The molecule has 2 aromatic carbocycles. The van der Waals surface area contributed by atoms with Crippen LogP contribution in [0.2, 0.25) is 0 Å². The second kappa shape index (κ2) is 5.93. The highest BCUT2D eigenvalue weighted by atomic mass is 79.9. The number of benzene rings is 2. The minimum atomic E-state index is -2.85. The fourth-order valence-corrected chi connectivity index (χ4v) is 3.27. The van der Waals surface area contributed by atoms with Crippen LogP contribution in [0.15, 0.2) is 64.0 Å². The molecule has 0 saturated heterocycles. The van der Waals surface area contributed by atoms with E-state index in [1.165, 1.54) is 0 Å². The molecule has 0 saturated carbocycles. The van der Waals surface area contributed by atoms with Crippen molar-refractivity contribution in [2.45, 2.75) is 11.5 Å². The predicted octanol–water partition coefficient (Wildman–Crippen LogP) is 3.69. The molecule has 0 fully saturated rings. The van der Waals surface area contributed by atoms with Crippen LogP contribution in [0.1, 0.15) is 5.56 Å². The summed E-state index contributed by atoms with van der Waals surface area (Å²) in [6, 6.07) is 16.5. The van der Waals surface area contributed by atoms with E-state index < -0.39 is 8.77 Å². The standard InChI is InChI=1S/C13H11BrO2S2/c14-12-6-4-5-11(9-12)10-16-18(15,17)13-7-2-1-3-8-13/h1-9H,10H2. The minimum Gasteiger partial charge on any atom is -0.282 e. The molecule has 0 spiro atoms. The summed E-state index contributed by atoms with van der Waals surface area (Å²) in [5, 5.41) is 0. The maximum Gasteiger partial charge on any atom is 0.173 e. The summed E-state index contributed by atoms with van der Waals surface area (Å²) in [4.78, 5) is 0.537. The largest absolute Gasteiger partial charge is 0.282 e. The van der Waals surface area contributed by atoms with Gasteiger partial charge in [0.2, 0.25) is 0 Å². The van der Waals surface area contributed by atoms with Gasteiger partial charge in [-0.15, -0.1) is 0 Å². The normalized spacial score (nSPS) is 14.1. The van der Waals surface area contributed by atoms with Crippen molar-refractivity contribution in [3.63, 3.8) is 0 Å². The van der Waals surface area contributed by atoms with Crippen molar-refractivity contribution in [3.8, 4) is 0 Å². The van der Waals surface area contributed by atoms with Gasteiger partial charge in [0.15, 0.2) is 8.77 Å². The molecule has 0 aromatic heterocycles. The fraction of sp³-hybridized carbons (Fsp3) is 0.0769. The van der Waals surface area contributed by atoms with Crippen molar-refractivity contribution in [1.82, 2.24) is 0 Å². The van der Waals surface area contributed by atoms with Crippen molar-refractivity contribution >= 4 is 35.9 Å². The third-order valence-corrected chi connectivity index (χ3v) is 4.94. The van der Waals surface area contributed by atoms with Crippen LogP contribution < -0.4 is 0 Å². The van der Waals surface area contributed by atoms with Gasteiger partial charge in [0.05, 0.1) is 11.5 Å². The van der Waals surface area contributed by atoms with Crippen LogP contribution in [-0.2, 0) is 30.8 Å². The SMILES string of the molecule is O=S(=S)(OCc1cccc(Br)c1)c1ccccc1. The van der Waals surface area contributed by atoms with Gasteiger partial charge < -0.3 is 0 Å². The highest BCUT2D eigenvalue weighted by molar-refractivity contribution is 9.10. The second-order valence-corrected chi connectivity index (χ2v) is 7.51. The maximum atomic E-state index is 12.2. The molecule has 2 nitrogen and oxygen atoms in total. The van der Waals surface area contributed by atoms with Gasteiger partial charge in [-0.05, 0) is 29.8 Å². The molecule has 0 N–H and O–H groups in total. The first-order valence-electron chi connectivity index (χ1n) is 5.27. The number of halogens is 1. The van der Waals surface area contributed by atoms with E-state index >= 15 is 0 Å². The van der Waals surface area contributed by atoms with Crippen LogP contribution in [-0.4, -0.2) is 4.21 Å². The first kappa shape index (κ1) is 13.7. The van der Waals surface area contributed by atoms with Crippen molar-refractivity contribution < 1.29 is 8.39 Å². The molecule has 0 aliphatic rings. The van der Waals surface area contributed by atoms with Gasteiger partial charge in [0.25, 0.3) is 0 Å². The van der Waals surface area contributed by atoms with Crippen molar-refractivity contribution in [2.24, 2.45) is 0 Å². The average molecular weight is 343 g/mol. The zero-order chi connectivity index (χ0) is 13.0. The van der Waals surface area contributed by atoms with Crippen molar-refractivity contribution in [3.05, 3.63) is 64.6 Å². The van der Waals surface area contributed by atoms with Crippen LogP contribution in [0.3, 0.4) is 0 Å². The Morgan fingerprint density at radius 3 is 2.50 bits per heavy atom. The first-order valence-corrected chi connectivity index (χ1v) is 8.47. The van der Waals surface area contributed by atoms with Crippen molar-refractivity contribution in [2.75, 3.05) is 0 Å². The number of hydrogen-bond acceptors (Lipinski definition) is 3. The lowest BCUT2D eigenvalue weighted by molar-refractivity contribution is 0.335. The molecule has 94 valence electrons. The molecule has 0 radical (unpaired) electrons. The summed E-state index contributed by atoms with van der Waals surface area (Å²) >= 11 is 8.41. The van der Waals surface area contributed by atoms with Gasteiger partial charge in [-0.2, -0.15) is 0 Å². The van der Waals surface area contributed by atoms with Crippen molar-refractivity contribution in [1.29, 1.82) is 0 Å². The molecule has 2 rings (SSSR count). The van der Waals surface area contributed by atoms with E-state index in [1.807, 2.05) is 30.3 Å². The van der Waals surface area contributed by atoms with Gasteiger partial charge in [0, 0.05) is 15.7 Å². The molecule has 0 amide bonds. The third-order valence-electron chi connectivity index (χ3n) is 2.30. The van der Waals surface area contributed by atoms with E-state index in [-0.39, 0.29) is 6.61 Å². The average Bonchev–Trinajstić information content (AvgIpc) is 2.38. The molecule has 5 heteroatoms. The lowest BCUT2D eigenvalue weighted by Crippen LogP contribution is -2.04. The molecular formula is C13H11BrO2S2.